The molecule has 1 aliphatic rings. The van der Waals surface area contributed by atoms with Gasteiger partial charge in [-0.05, 0) is 42.0 Å². The lowest BCUT2D eigenvalue weighted by atomic mass is 9.97. The average Bonchev–Trinajstić information content (AvgIpc) is 3.05. The van der Waals surface area contributed by atoms with Gasteiger partial charge in [-0.15, -0.1) is 0 Å². The third-order valence-electron chi connectivity index (χ3n) is 4.89. The van der Waals surface area contributed by atoms with Gasteiger partial charge >= 0.3 is 6.18 Å². The molecular weight excluding hydrogens is 520 g/mol. The number of carbonyl (C=O) groups excluding carboxylic acids is 1. The number of hydrogen-bond donors (Lipinski definition) is 2. The summed E-state index contributed by atoms with van der Waals surface area (Å²) in [5.74, 6) is -0.767. The van der Waals surface area contributed by atoms with Crippen molar-refractivity contribution >= 4 is 56.5 Å². The Morgan fingerprint density at radius 3 is 2.39 bits per heavy atom. The van der Waals surface area contributed by atoms with E-state index in [-0.39, 0.29) is 23.0 Å². The van der Waals surface area contributed by atoms with E-state index >= 15 is 0 Å². The van der Waals surface area contributed by atoms with Crippen molar-refractivity contribution in [3.8, 4) is 0 Å². The number of alkyl halides is 3. The zero-order chi connectivity index (χ0) is 22.3. The van der Waals surface area contributed by atoms with Gasteiger partial charge in [-0.25, -0.2) is 4.68 Å². The minimum Gasteiger partial charge on any atom is -0.362 e. The maximum Gasteiger partial charge on any atom is 0.410 e. The van der Waals surface area contributed by atoms with Crippen molar-refractivity contribution in [2.75, 3.05) is 10.6 Å². The van der Waals surface area contributed by atoms with Gasteiger partial charge in [0.05, 0.1) is 6.04 Å². The average molecular weight is 534 g/mol. The predicted molar refractivity (Wildman–Crippen MR) is 117 cm³/mol. The van der Waals surface area contributed by atoms with E-state index in [1.165, 1.54) is 0 Å². The molecule has 11 heteroatoms. The second-order valence-electron chi connectivity index (χ2n) is 6.96. The van der Waals surface area contributed by atoms with Gasteiger partial charge in [-0.2, -0.15) is 18.3 Å². The third-order valence-corrected chi connectivity index (χ3v) is 6.02. The molecule has 0 aliphatic carbocycles. The molecule has 31 heavy (non-hydrogen) atoms. The Morgan fingerprint density at radius 1 is 1.13 bits per heavy atom. The van der Waals surface area contributed by atoms with Crippen LogP contribution < -0.4 is 10.6 Å². The van der Waals surface area contributed by atoms with Gasteiger partial charge in [-0.3, -0.25) is 4.79 Å². The molecular formula is C20H14BrCl2F3N4O. The Morgan fingerprint density at radius 2 is 1.77 bits per heavy atom. The summed E-state index contributed by atoms with van der Waals surface area (Å²) in [6.07, 6.45) is -4.90. The normalized spacial score (nSPS) is 18.3. The number of benzene rings is 2. The Balaban J connectivity index is 1.69. The highest BCUT2D eigenvalue weighted by Crippen LogP contribution is 2.46. The van der Waals surface area contributed by atoms with Crippen molar-refractivity contribution in [1.29, 1.82) is 0 Å². The standard InChI is InChI=1S/C20H14BrCl2F3N4O/c21-11-3-7-13(8-4-11)27-19(31)17-16(23)18-28-14(10-1-5-12(22)6-2-10)9-15(20(24,25)26)30(18)29-17/h1-8,14-15,28H,9H2,(H,27,31)/t14-,15+/m0/s1. The Kier molecular flexibility index (Phi) is 5.93. The molecule has 2 atom stereocenters. The van der Waals surface area contributed by atoms with Crippen LogP contribution >= 0.6 is 39.1 Å². The second kappa shape index (κ2) is 8.37. The first-order valence-electron chi connectivity index (χ1n) is 9.07. The zero-order valence-electron chi connectivity index (χ0n) is 15.6. The van der Waals surface area contributed by atoms with Crippen LogP contribution in [-0.4, -0.2) is 21.9 Å². The summed E-state index contributed by atoms with van der Waals surface area (Å²) in [4.78, 5) is 12.7. The fourth-order valence-corrected chi connectivity index (χ4v) is 4.03. The van der Waals surface area contributed by atoms with E-state index in [2.05, 4.69) is 31.7 Å². The third kappa shape index (κ3) is 4.53. The molecule has 3 aromatic rings. The first kappa shape index (κ1) is 22.0. The Labute approximate surface area is 193 Å². The molecule has 0 spiro atoms. The number of rotatable bonds is 3. The lowest BCUT2D eigenvalue weighted by molar-refractivity contribution is -0.173. The van der Waals surface area contributed by atoms with Gasteiger partial charge in [0.1, 0.15) is 10.8 Å². The summed E-state index contributed by atoms with van der Waals surface area (Å²) in [7, 11) is 0. The molecule has 2 aromatic carbocycles. The number of amides is 1. The summed E-state index contributed by atoms with van der Waals surface area (Å²) < 4.78 is 43.1. The molecule has 0 unspecified atom stereocenters. The van der Waals surface area contributed by atoms with Crippen molar-refractivity contribution in [2.45, 2.75) is 24.7 Å². The van der Waals surface area contributed by atoms with E-state index in [0.717, 1.165) is 9.15 Å². The summed E-state index contributed by atoms with van der Waals surface area (Å²) in [5.41, 5.74) is 0.774. The summed E-state index contributed by atoms with van der Waals surface area (Å²) in [6.45, 7) is 0. The highest BCUT2D eigenvalue weighted by Gasteiger charge is 2.47. The number of nitrogens with zero attached hydrogens (tertiary/aromatic N) is 2. The van der Waals surface area contributed by atoms with Crippen molar-refractivity contribution in [3.63, 3.8) is 0 Å². The molecule has 0 radical (unpaired) electrons. The van der Waals surface area contributed by atoms with Gasteiger partial charge in [-0.1, -0.05) is 51.3 Å². The van der Waals surface area contributed by atoms with Crippen LogP contribution in [0.25, 0.3) is 0 Å². The van der Waals surface area contributed by atoms with Crippen LogP contribution in [0.2, 0.25) is 10.0 Å². The second-order valence-corrected chi connectivity index (χ2v) is 8.69. The maximum atomic E-state index is 13.8. The topological polar surface area (TPSA) is 59.0 Å². The minimum absolute atomic E-state index is 0.0591. The Hall–Kier alpha value is -2.23. The van der Waals surface area contributed by atoms with Crippen molar-refractivity contribution in [1.82, 2.24) is 9.78 Å². The van der Waals surface area contributed by atoms with Crippen LogP contribution in [0.4, 0.5) is 24.7 Å². The van der Waals surface area contributed by atoms with Crippen molar-refractivity contribution < 1.29 is 18.0 Å². The van der Waals surface area contributed by atoms with Crippen molar-refractivity contribution in [3.05, 3.63) is 74.3 Å². The smallest absolute Gasteiger partial charge is 0.362 e. The van der Waals surface area contributed by atoms with Crippen LogP contribution in [0.5, 0.6) is 0 Å². The van der Waals surface area contributed by atoms with Crippen LogP contribution in [0, 0.1) is 0 Å². The number of halogens is 6. The van der Waals surface area contributed by atoms with E-state index in [1.54, 1.807) is 48.5 Å². The SMILES string of the molecule is O=C(Nc1ccc(Br)cc1)c1nn2c(c1Cl)N[C@H](c1ccc(Cl)cc1)C[C@@H]2C(F)(F)F. The van der Waals surface area contributed by atoms with Crippen LogP contribution in [-0.2, 0) is 0 Å². The predicted octanol–water partition coefficient (Wildman–Crippen LogP) is 6.87. The maximum absolute atomic E-state index is 13.8. The molecule has 0 fully saturated rings. The molecule has 162 valence electrons. The van der Waals surface area contributed by atoms with E-state index in [4.69, 9.17) is 23.2 Å². The highest BCUT2D eigenvalue weighted by atomic mass is 79.9. The Bertz CT molecular complexity index is 1120. The molecule has 1 amide bonds. The fourth-order valence-electron chi connectivity index (χ4n) is 3.37. The van der Waals surface area contributed by atoms with Gasteiger partial charge in [0.25, 0.3) is 5.91 Å². The fraction of sp³-hybridized carbons (Fsp3) is 0.200. The minimum atomic E-state index is -4.59. The number of carbonyl (C=O) groups is 1. The summed E-state index contributed by atoms with van der Waals surface area (Å²) in [6, 6.07) is 10.6. The van der Waals surface area contributed by atoms with Crippen molar-refractivity contribution in [2.24, 2.45) is 0 Å². The van der Waals surface area contributed by atoms with E-state index in [0.29, 0.717) is 16.3 Å². The quantitative estimate of drug-likeness (QED) is 0.386. The molecule has 2 N–H and O–H groups in total. The zero-order valence-corrected chi connectivity index (χ0v) is 18.6. The molecule has 2 heterocycles. The number of nitrogens with one attached hydrogen (secondary N) is 2. The van der Waals surface area contributed by atoms with Crippen LogP contribution in [0.1, 0.15) is 34.6 Å². The van der Waals surface area contributed by atoms with Gasteiger partial charge in [0.2, 0.25) is 0 Å². The van der Waals surface area contributed by atoms with Crippen LogP contribution in [0.15, 0.2) is 53.0 Å². The molecule has 1 aliphatic heterocycles. The van der Waals surface area contributed by atoms with E-state index < -0.39 is 24.2 Å². The van der Waals surface area contributed by atoms with Gasteiger partial charge in [0, 0.05) is 21.6 Å². The molecule has 0 saturated carbocycles. The first-order valence-corrected chi connectivity index (χ1v) is 10.6. The van der Waals surface area contributed by atoms with Gasteiger partial charge < -0.3 is 10.6 Å². The number of hydrogen-bond acceptors (Lipinski definition) is 3. The largest absolute Gasteiger partial charge is 0.410 e. The number of anilines is 2. The molecule has 5 nitrogen and oxygen atoms in total. The lowest BCUT2D eigenvalue weighted by Crippen LogP contribution is -2.35. The van der Waals surface area contributed by atoms with Crippen LogP contribution in [0.3, 0.4) is 0 Å². The van der Waals surface area contributed by atoms with E-state index in [1.807, 2.05) is 0 Å². The number of fused-ring (bicyclic) bond motifs is 1. The van der Waals surface area contributed by atoms with Gasteiger partial charge in [0.15, 0.2) is 11.7 Å². The molecule has 4 rings (SSSR count). The summed E-state index contributed by atoms with van der Waals surface area (Å²) in [5, 5.41) is 9.79. The summed E-state index contributed by atoms with van der Waals surface area (Å²) >= 11 is 15.5. The first-order chi connectivity index (χ1) is 14.6. The highest BCUT2D eigenvalue weighted by molar-refractivity contribution is 9.10. The lowest BCUT2D eigenvalue weighted by Gasteiger charge is -2.33. The van der Waals surface area contributed by atoms with E-state index in [9.17, 15) is 18.0 Å². The monoisotopic (exact) mass is 532 g/mol. The molecule has 1 aromatic heterocycles. The number of aromatic nitrogens is 2. The molecule has 0 bridgehead atoms. The molecule has 0 saturated heterocycles.